The van der Waals surface area contributed by atoms with Crippen LogP contribution in [0.2, 0.25) is 0 Å². The van der Waals surface area contributed by atoms with Crippen LogP contribution in [0.15, 0.2) is 75.9 Å². The normalized spacial score (nSPS) is 15.9. The molecule has 0 unspecified atom stereocenters. The quantitative estimate of drug-likeness (QED) is 0.149. The number of aliphatic imine (C=N–C) groups is 1. The van der Waals surface area contributed by atoms with E-state index in [9.17, 15) is 4.79 Å². The molecule has 1 heterocycles. The number of ether oxygens (including phenoxy) is 2. The average Bonchev–Trinajstić information content (AvgIpc) is 2.81. The molecule has 1 aliphatic heterocycles. The average molecular weight is 467 g/mol. The second-order valence-corrected chi connectivity index (χ2v) is 8.70. The molecule has 1 N–H and O–H groups in total. The Morgan fingerprint density at radius 2 is 2.09 bits per heavy atom. The molecule has 0 saturated carbocycles. The van der Waals surface area contributed by atoms with E-state index in [1.54, 1.807) is 25.4 Å². The lowest BCUT2D eigenvalue weighted by Gasteiger charge is -2.26. The molecule has 33 heavy (non-hydrogen) atoms. The monoisotopic (exact) mass is 466 g/mol. The van der Waals surface area contributed by atoms with Crippen molar-refractivity contribution in [2.45, 2.75) is 38.5 Å². The lowest BCUT2D eigenvalue weighted by atomic mass is 9.88. The third-order valence-electron chi connectivity index (χ3n) is 5.30. The predicted octanol–water partition coefficient (Wildman–Crippen LogP) is 6.09. The summed E-state index contributed by atoms with van der Waals surface area (Å²) in [6.45, 7) is 11.8. The van der Waals surface area contributed by atoms with Gasteiger partial charge in [-0.1, -0.05) is 24.8 Å². The molecule has 1 aromatic rings. The fraction of sp³-hybridized carbons (Fsp3) is 0.370. The molecule has 0 radical (unpaired) electrons. The second-order valence-electron chi connectivity index (χ2n) is 7.65. The van der Waals surface area contributed by atoms with E-state index in [4.69, 9.17) is 14.9 Å². The van der Waals surface area contributed by atoms with Crippen LogP contribution in [0.4, 0.5) is 0 Å². The number of carbonyl (C=O) groups excluding carboxylic acids is 1. The van der Waals surface area contributed by atoms with Crippen molar-refractivity contribution in [3.63, 3.8) is 0 Å². The van der Waals surface area contributed by atoms with Gasteiger partial charge in [0.25, 0.3) is 0 Å². The van der Waals surface area contributed by atoms with Gasteiger partial charge in [-0.15, -0.1) is 0 Å². The molecular formula is C27H34N2O3S. The maximum atomic E-state index is 12.8. The van der Waals surface area contributed by atoms with Gasteiger partial charge in [-0.05, 0) is 86.7 Å². The molecule has 1 aromatic carbocycles. The van der Waals surface area contributed by atoms with Crippen molar-refractivity contribution >= 4 is 28.8 Å². The third-order valence-corrected chi connectivity index (χ3v) is 6.21. The summed E-state index contributed by atoms with van der Waals surface area (Å²) in [5.74, 6) is 0.873. The molecule has 0 bridgehead atoms. The van der Waals surface area contributed by atoms with E-state index in [1.165, 1.54) is 0 Å². The Balaban J connectivity index is 2.33. The van der Waals surface area contributed by atoms with E-state index < -0.39 is 0 Å². The van der Waals surface area contributed by atoms with Gasteiger partial charge < -0.3 is 14.9 Å². The van der Waals surface area contributed by atoms with Gasteiger partial charge in [0.15, 0.2) is 0 Å². The fourth-order valence-electron chi connectivity index (χ4n) is 3.57. The van der Waals surface area contributed by atoms with Gasteiger partial charge in [0.05, 0.1) is 12.3 Å². The van der Waals surface area contributed by atoms with Gasteiger partial charge in [-0.3, -0.25) is 9.79 Å². The van der Waals surface area contributed by atoms with Crippen LogP contribution in [0.1, 0.15) is 37.8 Å². The molecule has 0 atom stereocenters. The Bertz CT molecular complexity index is 983. The first-order valence-corrected chi connectivity index (χ1v) is 12.0. The Kier molecular flexibility index (Phi) is 11.1. The lowest BCUT2D eigenvalue weighted by molar-refractivity contribution is -0.107. The van der Waals surface area contributed by atoms with E-state index in [2.05, 4.69) is 11.6 Å². The number of carbonyl (C=O) groups is 1. The zero-order chi connectivity index (χ0) is 24.2. The molecule has 0 amide bonds. The second kappa shape index (κ2) is 13.8. The summed E-state index contributed by atoms with van der Waals surface area (Å²) in [4.78, 5) is 17.5. The van der Waals surface area contributed by atoms with Crippen molar-refractivity contribution < 1.29 is 14.3 Å². The van der Waals surface area contributed by atoms with Crippen LogP contribution in [-0.2, 0) is 14.3 Å². The Labute approximate surface area is 201 Å². The van der Waals surface area contributed by atoms with Crippen molar-refractivity contribution in [3.05, 3.63) is 77.1 Å². The number of hydrogen-bond acceptors (Lipinski definition) is 6. The van der Waals surface area contributed by atoms with Crippen LogP contribution in [-0.4, -0.2) is 43.9 Å². The van der Waals surface area contributed by atoms with E-state index >= 15 is 0 Å². The smallest absolute Gasteiger partial charge is 0.224 e. The third kappa shape index (κ3) is 7.98. The van der Waals surface area contributed by atoms with Crippen LogP contribution in [0, 0.1) is 18.3 Å². The molecule has 6 heteroatoms. The van der Waals surface area contributed by atoms with E-state index in [0.29, 0.717) is 36.9 Å². The first-order chi connectivity index (χ1) is 15.9. The number of benzene rings is 1. The minimum Gasteiger partial charge on any atom is -0.494 e. The summed E-state index contributed by atoms with van der Waals surface area (Å²) in [5.41, 5.74) is 3.67. The van der Waals surface area contributed by atoms with Gasteiger partial charge >= 0.3 is 0 Å². The number of thioether (sulfide) groups is 1. The number of nitrogens with zero attached hydrogens (tertiary/aromatic N) is 1. The Morgan fingerprint density at radius 1 is 1.36 bits per heavy atom. The number of hydrogen-bond donors (Lipinski definition) is 1. The summed E-state index contributed by atoms with van der Waals surface area (Å²) in [6.07, 6.45) is 10.6. The lowest BCUT2D eigenvalue weighted by Crippen LogP contribution is -2.20. The summed E-state index contributed by atoms with van der Waals surface area (Å²) in [5, 5.41) is 8.76. The van der Waals surface area contributed by atoms with Crippen molar-refractivity contribution in [2.24, 2.45) is 10.9 Å². The molecule has 0 aromatic heterocycles. The van der Waals surface area contributed by atoms with Gasteiger partial charge in [-0.25, -0.2) is 0 Å². The van der Waals surface area contributed by atoms with Crippen molar-refractivity contribution in [1.82, 2.24) is 0 Å². The molecule has 5 nitrogen and oxygen atoms in total. The van der Waals surface area contributed by atoms with Crippen LogP contribution < -0.4 is 0 Å². The van der Waals surface area contributed by atoms with Gasteiger partial charge in [0.2, 0.25) is 5.12 Å². The summed E-state index contributed by atoms with van der Waals surface area (Å²) >= 11 is 1.15. The zero-order valence-electron chi connectivity index (χ0n) is 20.0. The Hall–Kier alpha value is -2.70. The molecule has 1 fully saturated rings. The highest BCUT2D eigenvalue weighted by Crippen LogP contribution is 2.30. The highest BCUT2D eigenvalue weighted by molar-refractivity contribution is 8.14. The summed E-state index contributed by atoms with van der Waals surface area (Å²) in [6, 6.07) is 5.77. The maximum absolute atomic E-state index is 12.8. The van der Waals surface area contributed by atoms with Crippen LogP contribution in [0.5, 0.6) is 0 Å². The van der Waals surface area contributed by atoms with Gasteiger partial charge in [0.1, 0.15) is 5.76 Å². The Morgan fingerprint density at radius 3 is 2.73 bits per heavy atom. The van der Waals surface area contributed by atoms with Crippen molar-refractivity contribution in [2.75, 3.05) is 26.9 Å². The van der Waals surface area contributed by atoms with E-state index in [-0.39, 0.29) is 11.0 Å². The molecule has 1 saturated heterocycles. The first kappa shape index (κ1) is 26.6. The van der Waals surface area contributed by atoms with Gasteiger partial charge in [-0.2, -0.15) is 0 Å². The van der Waals surface area contributed by atoms with Crippen LogP contribution in [0.25, 0.3) is 0 Å². The van der Waals surface area contributed by atoms with Gasteiger partial charge in [0, 0.05) is 42.5 Å². The molecule has 2 rings (SSSR count). The summed E-state index contributed by atoms with van der Waals surface area (Å²) in [7, 11) is 1.67. The van der Waals surface area contributed by atoms with E-state index in [1.807, 2.05) is 51.1 Å². The first-order valence-electron chi connectivity index (χ1n) is 11.2. The number of aryl methyl sites for hydroxylation is 1. The highest BCUT2D eigenvalue weighted by atomic mass is 32.2. The zero-order valence-corrected chi connectivity index (χ0v) is 20.8. The van der Waals surface area contributed by atoms with Crippen LogP contribution in [0.3, 0.4) is 0 Å². The topological polar surface area (TPSA) is 71.7 Å². The molecule has 176 valence electrons. The molecule has 1 aliphatic rings. The SMILES string of the molecule is C=C(OCC)/C(=C\C(=N)c1cc(SC(=O)C(/C=C/C)=C/C=NC)ccc1C)C1CCOCC1. The van der Waals surface area contributed by atoms with Crippen molar-refractivity contribution in [3.8, 4) is 0 Å². The number of nitrogens with one attached hydrogen (secondary N) is 1. The minimum atomic E-state index is -0.0718. The van der Waals surface area contributed by atoms with Crippen molar-refractivity contribution in [1.29, 1.82) is 5.41 Å². The standard InChI is InChI=1S/C27H34N2O3S/c1-6-8-22(11-14-29-5)27(30)33-23-10-9-19(3)24(17-23)26(28)18-25(20(4)32-7-2)21-12-15-31-16-13-21/h6,8-11,14,17-18,21,28H,4,7,12-13,15-16H2,1-3,5H3/b8-6+,22-11+,25-18+,28-26?,29-14?. The molecule has 0 aliphatic carbocycles. The highest BCUT2D eigenvalue weighted by Gasteiger charge is 2.22. The predicted molar refractivity (Wildman–Crippen MR) is 139 cm³/mol. The van der Waals surface area contributed by atoms with Crippen LogP contribution >= 0.6 is 11.8 Å². The minimum absolute atomic E-state index is 0.0718. The molecule has 0 spiro atoms. The fourth-order valence-corrected chi connectivity index (χ4v) is 4.35. The maximum Gasteiger partial charge on any atom is 0.224 e. The molecular weight excluding hydrogens is 432 g/mol. The number of allylic oxidation sites excluding steroid dienone is 5. The number of rotatable bonds is 10. The van der Waals surface area contributed by atoms with E-state index in [0.717, 1.165) is 46.2 Å². The largest absolute Gasteiger partial charge is 0.494 e. The summed E-state index contributed by atoms with van der Waals surface area (Å²) < 4.78 is 11.2.